The van der Waals surface area contributed by atoms with Gasteiger partial charge in [-0.2, -0.15) is 0 Å². The summed E-state index contributed by atoms with van der Waals surface area (Å²) >= 11 is 5.77. The largest absolute Gasteiger partial charge is 0.478 e. The second-order valence-corrected chi connectivity index (χ2v) is 4.28. The zero-order valence-electron chi connectivity index (χ0n) is 8.82. The first kappa shape index (κ1) is 11.2. The molecule has 0 aliphatic carbocycles. The third kappa shape index (κ3) is 2.27. The molecule has 0 bridgehead atoms. The molecule has 1 aromatic rings. The molecule has 0 amide bonds. The molecule has 0 atom stereocenters. The minimum Gasteiger partial charge on any atom is -0.478 e. The standard InChI is InChI=1S/C11H13ClN2O2/c12-9-7-13-10(6-8(9)11(15)16)14-4-2-1-3-5-14/h6-7H,1-5H2,(H,15,16). The molecule has 0 radical (unpaired) electrons. The summed E-state index contributed by atoms with van der Waals surface area (Å²) in [6.07, 6.45) is 4.91. The summed E-state index contributed by atoms with van der Waals surface area (Å²) in [6, 6.07) is 1.55. The lowest BCUT2D eigenvalue weighted by atomic mass is 10.1. The molecule has 1 fully saturated rings. The van der Waals surface area contributed by atoms with Crippen molar-refractivity contribution in [1.82, 2.24) is 4.98 Å². The average Bonchev–Trinajstić information content (AvgIpc) is 2.30. The summed E-state index contributed by atoms with van der Waals surface area (Å²) in [7, 11) is 0. The van der Waals surface area contributed by atoms with Crippen LogP contribution in [0, 0.1) is 0 Å². The van der Waals surface area contributed by atoms with Gasteiger partial charge in [0.15, 0.2) is 0 Å². The lowest BCUT2D eigenvalue weighted by molar-refractivity contribution is 0.0697. The van der Waals surface area contributed by atoms with E-state index in [1.54, 1.807) is 6.07 Å². The van der Waals surface area contributed by atoms with Crippen LogP contribution in [0.4, 0.5) is 5.82 Å². The summed E-state index contributed by atoms with van der Waals surface area (Å²) in [5, 5.41) is 9.15. The van der Waals surface area contributed by atoms with E-state index in [0.29, 0.717) is 5.82 Å². The molecule has 5 heteroatoms. The topological polar surface area (TPSA) is 53.4 Å². The van der Waals surface area contributed by atoms with Crippen LogP contribution >= 0.6 is 11.6 Å². The monoisotopic (exact) mass is 240 g/mol. The Bertz CT molecular complexity index is 403. The van der Waals surface area contributed by atoms with Crippen molar-refractivity contribution in [2.24, 2.45) is 0 Å². The van der Waals surface area contributed by atoms with E-state index in [9.17, 15) is 4.79 Å². The molecule has 2 rings (SSSR count). The first-order chi connectivity index (χ1) is 7.68. The second-order valence-electron chi connectivity index (χ2n) is 3.88. The normalized spacial score (nSPS) is 16.2. The molecule has 4 nitrogen and oxygen atoms in total. The summed E-state index contributed by atoms with van der Waals surface area (Å²) in [5.74, 6) is -0.299. The van der Waals surface area contributed by atoms with Gasteiger partial charge in [-0.05, 0) is 25.3 Å². The maximum Gasteiger partial charge on any atom is 0.337 e. The summed E-state index contributed by atoms with van der Waals surface area (Å²) in [4.78, 5) is 17.2. The Hall–Kier alpha value is -1.29. The van der Waals surface area contributed by atoms with Crippen molar-refractivity contribution < 1.29 is 9.90 Å². The molecule has 0 saturated carbocycles. The van der Waals surface area contributed by atoms with E-state index in [1.807, 2.05) is 0 Å². The number of anilines is 1. The maximum absolute atomic E-state index is 10.9. The lowest BCUT2D eigenvalue weighted by Crippen LogP contribution is -2.30. The van der Waals surface area contributed by atoms with Crippen LogP contribution in [-0.4, -0.2) is 29.1 Å². The molecule has 0 aromatic carbocycles. The lowest BCUT2D eigenvalue weighted by Gasteiger charge is -2.27. The Morgan fingerprint density at radius 1 is 1.38 bits per heavy atom. The van der Waals surface area contributed by atoms with Crippen molar-refractivity contribution in [3.8, 4) is 0 Å². The molecule has 1 saturated heterocycles. The van der Waals surface area contributed by atoms with Gasteiger partial charge < -0.3 is 10.0 Å². The number of piperidine rings is 1. The van der Waals surface area contributed by atoms with Crippen LogP contribution in [0.5, 0.6) is 0 Å². The van der Waals surface area contributed by atoms with E-state index in [-0.39, 0.29) is 10.6 Å². The Balaban J connectivity index is 2.27. The van der Waals surface area contributed by atoms with E-state index in [2.05, 4.69) is 9.88 Å². The number of aromatic nitrogens is 1. The molecular formula is C11H13ClN2O2. The van der Waals surface area contributed by atoms with Crippen LogP contribution in [0.15, 0.2) is 12.3 Å². The summed E-state index contributed by atoms with van der Waals surface area (Å²) < 4.78 is 0. The van der Waals surface area contributed by atoms with Crippen LogP contribution in [-0.2, 0) is 0 Å². The van der Waals surface area contributed by atoms with Gasteiger partial charge in [0.2, 0.25) is 0 Å². The predicted molar refractivity (Wildman–Crippen MR) is 62.3 cm³/mol. The minimum absolute atomic E-state index is 0.122. The molecule has 0 spiro atoms. The molecule has 1 N–H and O–H groups in total. The number of aromatic carboxylic acids is 1. The van der Waals surface area contributed by atoms with Gasteiger partial charge in [-0.1, -0.05) is 11.6 Å². The number of pyridine rings is 1. The number of rotatable bonds is 2. The molecular weight excluding hydrogens is 228 g/mol. The number of hydrogen-bond donors (Lipinski definition) is 1. The Labute approximate surface area is 98.9 Å². The highest BCUT2D eigenvalue weighted by atomic mass is 35.5. The number of halogens is 1. The highest BCUT2D eigenvalue weighted by molar-refractivity contribution is 6.33. The first-order valence-corrected chi connectivity index (χ1v) is 5.70. The van der Waals surface area contributed by atoms with E-state index < -0.39 is 5.97 Å². The minimum atomic E-state index is -1.01. The molecule has 2 heterocycles. The van der Waals surface area contributed by atoms with Crippen LogP contribution in [0.25, 0.3) is 0 Å². The van der Waals surface area contributed by atoms with Crippen molar-refractivity contribution in [3.63, 3.8) is 0 Å². The molecule has 16 heavy (non-hydrogen) atoms. The first-order valence-electron chi connectivity index (χ1n) is 5.32. The third-order valence-electron chi connectivity index (χ3n) is 2.75. The molecule has 1 aliphatic heterocycles. The van der Waals surface area contributed by atoms with Gasteiger partial charge in [0.1, 0.15) is 5.82 Å². The molecule has 1 aromatic heterocycles. The second kappa shape index (κ2) is 4.70. The van der Waals surface area contributed by atoms with E-state index in [0.717, 1.165) is 25.9 Å². The molecule has 0 unspecified atom stereocenters. The molecule has 86 valence electrons. The fourth-order valence-electron chi connectivity index (χ4n) is 1.89. The van der Waals surface area contributed by atoms with Gasteiger partial charge in [0.05, 0.1) is 10.6 Å². The van der Waals surface area contributed by atoms with Gasteiger partial charge in [-0.3, -0.25) is 0 Å². The van der Waals surface area contributed by atoms with Gasteiger partial charge >= 0.3 is 5.97 Å². The van der Waals surface area contributed by atoms with Gasteiger partial charge in [-0.25, -0.2) is 9.78 Å². The highest BCUT2D eigenvalue weighted by Crippen LogP contribution is 2.22. The van der Waals surface area contributed by atoms with Crippen LogP contribution < -0.4 is 4.90 Å². The Morgan fingerprint density at radius 2 is 2.06 bits per heavy atom. The fraction of sp³-hybridized carbons (Fsp3) is 0.455. The Kier molecular flexibility index (Phi) is 3.29. The van der Waals surface area contributed by atoms with Crippen molar-refractivity contribution >= 4 is 23.4 Å². The zero-order valence-corrected chi connectivity index (χ0v) is 9.57. The third-order valence-corrected chi connectivity index (χ3v) is 3.05. The van der Waals surface area contributed by atoms with Crippen molar-refractivity contribution in [1.29, 1.82) is 0 Å². The number of hydrogen-bond acceptors (Lipinski definition) is 3. The predicted octanol–water partition coefficient (Wildman–Crippen LogP) is 2.42. The van der Waals surface area contributed by atoms with E-state index in [1.165, 1.54) is 12.6 Å². The van der Waals surface area contributed by atoms with Crippen molar-refractivity contribution in [3.05, 3.63) is 22.8 Å². The average molecular weight is 241 g/mol. The highest BCUT2D eigenvalue weighted by Gasteiger charge is 2.16. The number of carbonyl (C=O) groups is 1. The Morgan fingerprint density at radius 3 is 2.69 bits per heavy atom. The quantitative estimate of drug-likeness (QED) is 0.863. The van der Waals surface area contributed by atoms with Crippen LogP contribution in [0.3, 0.4) is 0 Å². The number of carboxylic acids is 1. The molecule has 1 aliphatic rings. The van der Waals surface area contributed by atoms with E-state index >= 15 is 0 Å². The maximum atomic E-state index is 10.9. The summed E-state index contributed by atoms with van der Waals surface area (Å²) in [5.41, 5.74) is 0.122. The number of carboxylic acid groups (broad SMARTS) is 1. The van der Waals surface area contributed by atoms with Crippen molar-refractivity contribution in [2.75, 3.05) is 18.0 Å². The SMILES string of the molecule is O=C(O)c1cc(N2CCCCC2)ncc1Cl. The number of nitrogens with zero attached hydrogens (tertiary/aromatic N) is 2. The van der Waals surface area contributed by atoms with E-state index in [4.69, 9.17) is 16.7 Å². The van der Waals surface area contributed by atoms with Gasteiger partial charge in [-0.15, -0.1) is 0 Å². The smallest absolute Gasteiger partial charge is 0.337 e. The van der Waals surface area contributed by atoms with Crippen LogP contribution in [0.2, 0.25) is 5.02 Å². The fourth-order valence-corrected chi connectivity index (χ4v) is 2.07. The van der Waals surface area contributed by atoms with Gasteiger partial charge in [0.25, 0.3) is 0 Å². The zero-order chi connectivity index (χ0) is 11.5. The van der Waals surface area contributed by atoms with Gasteiger partial charge in [0, 0.05) is 19.3 Å². The summed E-state index contributed by atoms with van der Waals surface area (Å²) in [6.45, 7) is 1.88. The van der Waals surface area contributed by atoms with Crippen molar-refractivity contribution in [2.45, 2.75) is 19.3 Å². The van der Waals surface area contributed by atoms with Crippen LogP contribution in [0.1, 0.15) is 29.6 Å².